The van der Waals surface area contributed by atoms with E-state index in [1.54, 1.807) is 38.6 Å². The number of aromatic nitrogens is 4. The van der Waals surface area contributed by atoms with Crippen LogP contribution in [0.2, 0.25) is 0 Å². The van der Waals surface area contributed by atoms with E-state index in [4.69, 9.17) is 10.2 Å². The molecule has 0 aromatic carbocycles. The van der Waals surface area contributed by atoms with Crippen LogP contribution in [0.3, 0.4) is 0 Å². The molecule has 0 saturated carbocycles. The molecular weight excluding hydrogens is 347 g/mol. The Balaban J connectivity index is -0.000000230. The first-order valence-electron chi connectivity index (χ1n) is 6.68. The second kappa shape index (κ2) is 17.9. The van der Waals surface area contributed by atoms with Crippen LogP contribution in [0.1, 0.15) is 38.3 Å². The molecule has 0 aliphatic heterocycles. The van der Waals surface area contributed by atoms with Crippen molar-refractivity contribution in [3.8, 4) is 0 Å². The molecule has 0 unspecified atom stereocenters. The van der Waals surface area contributed by atoms with E-state index >= 15 is 0 Å². The fraction of sp³-hybridized carbons (Fsp3) is 0.429. The number of hydrogen-bond acceptors (Lipinski definition) is 4. The first-order valence-corrected chi connectivity index (χ1v) is 6.68. The topological polar surface area (TPSA) is 132 Å². The van der Waals surface area contributed by atoms with E-state index in [1.807, 2.05) is 13.8 Å². The number of aliphatic carboxylic acids is 2. The third-order valence-electron chi connectivity index (χ3n) is 1.87. The van der Waals surface area contributed by atoms with E-state index in [0.29, 0.717) is 0 Å². The Morgan fingerprint density at radius 3 is 1.22 bits per heavy atom. The van der Waals surface area contributed by atoms with Crippen LogP contribution in [-0.2, 0) is 26.4 Å². The van der Waals surface area contributed by atoms with Gasteiger partial charge in [0.05, 0.1) is 0 Å². The van der Waals surface area contributed by atoms with Crippen molar-refractivity contribution in [2.75, 3.05) is 0 Å². The first-order chi connectivity index (χ1) is 10.3. The van der Waals surface area contributed by atoms with Crippen molar-refractivity contribution >= 4 is 11.9 Å². The maximum Gasteiger partial charge on any atom is 0.303 e. The molecule has 2 aromatic heterocycles. The summed E-state index contributed by atoms with van der Waals surface area (Å²) in [5.74, 6) is 0.444. The Morgan fingerprint density at radius 2 is 1.17 bits per heavy atom. The third kappa shape index (κ3) is 25.2. The van der Waals surface area contributed by atoms with Gasteiger partial charge in [-0.1, -0.05) is 13.8 Å². The van der Waals surface area contributed by atoms with Crippen LogP contribution in [0.5, 0.6) is 0 Å². The van der Waals surface area contributed by atoms with Crippen molar-refractivity contribution in [2.24, 2.45) is 0 Å². The molecule has 0 fully saturated rings. The molecular formula is C14H24CoN4O4. The number of nitrogens with one attached hydrogen (secondary N) is 2. The minimum Gasteiger partial charge on any atom is -0.481 e. The molecule has 0 aliphatic rings. The van der Waals surface area contributed by atoms with Gasteiger partial charge < -0.3 is 20.2 Å². The van der Waals surface area contributed by atoms with E-state index in [9.17, 15) is 9.59 Å². The summed E-state index contributed by atoms with van der Waals surface area (Å²) in [6, 6.07) is 0. The van der Waals surface area contributed by atoms with Crippen molar-refractivity contribution in [3.63, 3.8) is 0 Å². The quantitative estimate of drug-likeness (QED) is 0.641. The second-order valence-corrected chi connectivity index (χ2v) is 3.84. The Morgan fingerprint density at radius 1 is 0.913 bits per heavy atom. The van der Waals surface area contributed by atoms with Crippen LogP contribution >= 0.6 is 0 Å². The number of aromatic amines is 2. The number of hydrogen-bond donors (Lipinski definition) is 4. The molecule has 133 valence electrons. The number of imidazole rings is 2. The normalized spacial score (nSPS) is 7.83. The second-order valence-electron chi connectivity index (χ2n) is 3.84. The predicted octanol–water partition coefficient (Wildman–Crippen LogP) is 2.40. The fourth-order valence-corrected chi connectivity index (χ4v) is 0.688. The van der Waals surface area contributed by atoms with Gasteiger partial charge in [0.2, 0.25) is 0 Å². The van der Waals surface area contributed by atoms with E-state index in [1.165, 1.54) is 0 Å². The number of H-pyrrole nitrogens is 2. The number of rotatable bonds is 2. The molecule has 0 saturated heterocycles. The van der Waals surface area contributed by atoms with Gasteiger partial charge in [0, 0.05) is 54.4 Å². The maximum atomic E-state index is 9.37. The summed E-state index contributed by atoms with van der Waals surface area (Å²) < 4.78 is 0. The molecule has 2 heterocycles. The standard InChI is InChI=1S/2C4H6N2.2C3H6O2.Co/c2*1-4-5-2-3-6-4;2*1-2-3(4)5;/h2*2-3H,1H3,(H,5,6);2*2H2,1H3,(H,4,5);. The molecule has 2 rings (SSSR count). The smallest absolute Gasteiger partial charge is 0.303 e. The van der Waals surface area contributed by atoms with Gasteiger partial charge in [-0.15, -0.1) is 0 Å². The molecule has 0 atom stereocenters. The Labute approximate surface area is 146 Å². The summed E-state index contributed by atoms with van der Waals surface area (Å²) in [4.78, 5) is 32.2. The van der Waals surface area contributed by atoms with Crippen LogP contribution in [-0.4, -0.2) is 42.1 Å². The van der Waals surface area contributed by atoms with Gasteiger partial charge in [0.15, 0.2) is 0 Å². The van der Waals surface area contributed by atoms with Crippen molar-refractivity contribution in [3.05, 3.63) is 36.4 Å². The van der Waals surface area contributed by atoms with Crippen LogP contribution in [0.25, 0.3) is 0 Å². The molecule has 2 aromatic rings. The van der Waals surface area contributed by atoms with E-state index in [0.717, 1.165) is 11.6 Å². The summed E-state index contributed by atoms with van der Waals surface area (Å²) >= 11 is 0. The minimum absolute atomic E-state index is 0. The van der Waals surface area contributed by atoms with Crippen LogP contribution in [0.4, 0.5) is 0 Å². The van der Waals surface area contributed by atoms with Crippen molar-refractivity contribution in [1.29, 1.82) is 0 Å². The molecule has 8 nitrogen and oxygen atoms in total. The molecule has 0 amide bonds. The summed E-state index contributed by atoms with van der Waals surface area (Å²) in [5, 5.41) is 15.4. The zero-order valence-electron chi connectivity index (χ0n) is 13.7. The SMILES string of the molecule is CCC(=O)O.CCC(=O)O.Cc1ncc[nH]1.Cc1ncc[nH]1.[Co]. The molecule has 23 heavy (non-hydrogen) atoms. The summed E-state index contributed by atoms with van der Waals surface area (Å²) in [6.45, 7) is 7.03. The minimum atomic E-state index is -0.745. The zero-order chi connectivity index (χ0) is 17.4. The van der Waals surface area contributed by atoms with Gasteiger partial charge in [-0.3, -0.25) is 9.59 Å². The average Bonchev–Trinajstić information content (AvgIpc) is 3.14. The fourth-order valence-electron chi connectivity index (χ4n) is 0.688. The maximum absolute atomic E-state index is 9.37. The van der Waals surface area contributed by atoms with E-state index < -0.39 is 11.9 Å². The molecule has 4 N–H and O–H groups in total. The van der Waals surface area contributed by atoms with Gasteiger partial charge >= 0.3 is 11.9 Å². The molecule has 1 radical (unpaired) electrons. The van der Waals surface area contributed by atoms with Crippen molar-refractivity contribution in [2.45, 2.75) is 40.5 Å². The molecule has 9 heteroatoms. The van der Waals surface area contributed by atoms with Gasteiger partial charge in [-0.05, 0) is 13.8 Å². The Bertz CT molecular complexity index is 441. The van der Waals surface area contributed by atoms with Crippen molar-refractivity contribution in [1.82, 2.24) is 19.9 Å². The number of nitrogens with zero attached hydrogens (tertiary/aromatic N) is 2. The third-order valence-corrected chi connectivity index (χ3v) is 1.87. The predicted molar refractivity (Wildman–Crippen MR) is 82.5 cm³/mol. The first kappa shape index (κ1) is 25.8. The van der Waals surface area contributed by atoms with Crippen LogP contribution in [0.15, 0.2) is 24.8 Å². The largest absolute Gasteiger partial charge is 0.481 e. The van der Waals surface area contributed by atoms with Gasteiger partial charge in [0.25, 0.3) is 0 Å². The molecule has 0 bridgehead atoms. The van der Waals surface area contributed by atoms with Gasteiger partial charge in [-0.25, -0.2) is 9.97 Å². The molecule has 0 spiro atoms. The van der Waals surface area contributed by atoms with Crippen LogP contribution in [0, 0.1) is 13.8 Å². The summed E-state index contributed by atoms with van der Waals surface area (Å²) in [6.07, 6.45) is 7.51. The van der Waals surface area contributed by atoms with Crippen LogP contribution < -0.4 is 0 Å². The Kier molecular flexibility index (Phi) is 20.1. The number of carbonyl (C=O) groups is 2. The summed E-state index contributed by atoms with van der Waals surface area (Å²) in [7, 11) is 0. The average molecular weight is 371 g/mol. The number of carboxylic acid groups (broad SMARTS) is 2. The number of carboxylic acids is 2. The van der Waals surface area contributed by atoms with Gasteiger partial charge in [-0.2, -0.15) is 0 Å². The van der Waals surface area contributed by atoms with Gasteiger partial charge in [0.1, 0.15) is 11.6 Å². The number of aryl methyl sites for hydroxylation is 2. The monoisotopic (exact) mass is 371 g/mol. The molecule has 0 aliphatic carbocycles. The summed E-state index contributed by atoms with van der Waals surface area (Å²) in [5.41, 5.74) is 0. The van der Waals surface area contributed by atoms with Crippen molar-refractivity contribution < 1.29 is 36.6 Å². The van der Waals surface area contributed by atoms with E-state index in [2.05, 4.69) is 19.9 Å². The Hall–Kier alpha value is -2.13. The zero-order valence-corrected chi connectivity index (χ0v) is 14.7. The van der Waals surface area contributed by atoms with E-state index in [-0.39, 0.29) is 29.6 Å².